The number of likely N-dealkylation sites (N-methyl/N-ethyl adjacent to an activating group) is 1. The molecule has 2 atom stereocenters. The van der Waals surface area contributed by atoms with Gasteiger partial charge in [-0.3, -0.25) is 0 Å². The summed E-state index contributed by atoms with van der Waals surface area (Å²) in [4.78, 5) is 6.36. The summed E-state index contributed by atoms with van der Waals surface area (Å²) in [6.07, 6.45) is 3.05. The number of nitrogens with two attached hydrogens (primary N) is 2. The minimum atomic E-state index is -0.706. The minimum absolute atomic E-state index is 0.385. The van der Waals surface area contributed by atoms with Gasteiger partial charge in [-0.25, -0.2) is 4.99 Å². The Morgan fingerprint density at radius 1 is 1.69 bits per heavy atom. The summed E-state index contributed by atoms with van der Waals surface area (Å²) in [6, 6.07) is 0.534. The van der Waals surface area contributed by atoms with Gasteiger partial charge in [0, 0.05) is 19.1 Å². The molecule has 1 fully saturated rings. The molecule has 0 aromatic heterocycles. The number of nitrogens with zero attached hydrogens (tertiary/aromatic N) is 2. The molecule has 0 aromatic rings. The Morgan fingerprint density at radius 3 is 3.00 bits per heavy atom. The van der Waals surface area contributed by atoms with Crippen LogP contribution in [0.15, 0.2) is 16.9 Å². The summed E-state index contributed by atoms with van der Waals surface area (Å²) >= 11 is 0. The van der Waals surface area contributed by atoms with Gasteiger partial charge in [0.05, 0.1) is 0 Å². The second-order valence-electron chi connectivity index (χ2n) is 4.60. The normalized spacial score (nSPS) is 34.4. The first kappa shape index (κ1) is 11.2. The van der Waals surface area contributed by atoms with Crippen molar-refractivity contribution in [3.05, 3.63) is 11.9 Å². The lowest BCUT2D eigenvalue weighted by Gasteiger charge is -2.30. The lowest BCUT2D eigenvalue weighted by atomic mass is 10.2. The highest BCUT2D eigenvalue weighted by Gasteiger charge is 2.28. The van der Waals surface area contributed by atoms with Crippen LogP contribution in [0.1, 0.15) is 13.3 Å². The number of likely N-dealkylation sites (tertiary alicyclic amines) is 1. The molecule has 0 aromatic carbocycles. The van der Waals surface area contributed by atoms with Gasteiger partial charge in [0.1, 0.15) is 11.5 Å². The highest BCUT2D eigenvalue weighted by atomic mass is 15.3. The number of rotatable bonds is 2. The maximum absolute atomic E-state index is 5.97. The first-order chi connectivity index (χ1) is 7.50. The fraction of sp³-hybridized carbons (Fsp3) is 0.700. The van der Waals surface area contributed by atoms with Crippen LogP contribution in [0.25, 0.3) is 0 Å². The van der Waals surface area contributed by atoms with Crippen LogP contribution in [0, 0.1) is 0 Å². The van der Waals surface area contributed by atoms with Crippen LogP contribution in [0.5, 0.6) is 0 Å². The number of hydrogen-bond donors (Lipinski definition) is 4. The van der Waals surface area contributed by atoms with Gasteiger partial charge in [0.25, 0.3) is 0 Å². The van der Waals surface area contributed by atoms with Crippen molar-refractivity contribution in [2.75, 3.05) is 20.1 Å². The van der Waals surface area contributed by atoms with Crippen molar-refractivity contribution >= 4 is 5.96 Å². The Bertz CT molecular complexity index is 332. The average molecular weight is 224 g/mol. The molecule has 2 heterocycles. The third-order valence-electron chi connectivity index (χ3n) is 2.98. The van der Waals surface area contributed by atoms with Crippen LogP contribution >= 0.6 is 0 Å². The monoisotopic (exact) mass is 224 g/mol. The van der Waals surface area contributed by atoms with Gasteiger partial charge in [-0.15, -0.1) is 0 Å². The molecular formula is C10H20N6. The molecule has 1 unspecified atom stereocenters. The molecule has 6 N–H and O–H groups in total. The fourth-order valence-electron chi connectivity index (χ4n) is 2.15. The molecule has 6 nitrogen and oxygen atoms in total. The summed E-state index contributed by atoms with van der Waals surface area (Å²) in [6.45, 7) is 3.82. The van der Waals surface area contributed by atoms with E-state index in [1.165, 1.54) is 0 Å². The van der Waals surface area contributed by atoms with Crippen LogP contribution in [-0.4, -0.2) is 42.7 Å². The predicted octanol–water partition coefficient (Wildman–Crippen LogP) is -1.29. The third kappa shape index (κ3) is 2.28. The standard InChI is InChI=1S/C10H20N6/c1-10(12)5-8(14-9(11)15-10)16-4-3-7(6-16)13-2/h5,7,13H,3-4,6,12H2,1-2H3,(H3,11,14,15)/t7-,10?/m1/s1. The van der Waals surface area contributed by atoms with Gasteiger partial charge >= 0.3 is 0 Å². The zero-order chi connectivity index (χ0) is 11.8. The topological polar surface area (TPSA) is 91.7 Å². The maximum Gasteiger partial charge on any atom is 0.196 e. The molecule has 90 valence electrons. The van der Waals surface area contributed by atoms with Crippen molar-refractivity contribution in [3.63, 3.8) is 0 Å². The number of guanidine groups is 1. The fourth-order valence-corrected chi connectivity index (χ4v) is 2.15. The van der Waals surface area contributed by atoms with Crippen molar-refractivity contribution in [2.24, 2.45) is 16.5 Å². The van der Waals surface area contributed by atoms with E-state index < -0.39 is 5.66 Å². The summed E-state index contributed by atoms with van der Waals surface area (Å²) in [7, 11) is 1.99. The Labute approximate surface area is 95.8 Å². The average Bonchev–Trinajstić information content (AvgIpc) is 2.62. The molecule has 0 aliphatic carbocycles. The number of aliphatic imine (C=N–C) groups is 1. The Morgan fingerprint density at radius 2 is 2.44 bits per heavy atom. The van der Waals surface area contributed by atoms with Crippen molar-refractivity contribution in [2.45, 2.75) is 25.0 Å². The van der Waals surface area contributed by atoms with Crippen LogP contribution in [0.3, 0.4) is 0 Å². The number of hydrogen-bond acceptors (Lipinski definition) is 6. The van der Waals surface area contributed by atoms with E-state index >= 15 is 0 Å². The number of nitrogens with one attached hydrogen (secondary N) is 2. The van der Waals surface area contributed by atoms with E-state index in [1.807, 2.05) is 20.0 Å². The predicted molar refractivity (Wildman–Crippen MR) is 64.5 cm³/mol. The van der Waals surface area contributed by atoms with Gasteiger partial charge in [-0.05, 0) is 26.5 Å². The molecule has 0 bridgehead atoms. The van der Waals surface area contributed by atoms with Gasteiger partial charge in [-0.2, -0.15) is 0 Å². The van der Waals surface area contributed by atoms with Gasteiger partial charge in [0.15, 0.2) is 5.96 Å². The first-order valence-corrected chi connectivity index (χ1v) is 5.56. The Balaban J connectivity index is 2.09. The van der Waals surface area contributed by atoms with Crippen molar-refractivity contribution in [1.82, 2.24) is 15.5 Å². The lowest BCUT2D eigenvalue weighted by molar-refractivity contribution is 0.381. The molecule has 6 heteroatoms. The van der Waals surface area contributed by atoms with E-state index in [0.717, 1.165) is 25.3 Å². The quantitative estimate of drug-likeness (QED) is 0.469. The van der Waals surface area contributed by atoms with Crippen molar-refractivity contribution < 1.29 is 0 Å². The smallest absolute Gasteiger partial charge is 0.196 e. The summed E-state index contributed by atoms with van der Waals surface area (Å²) < 4.78 is 0. The Kier molecular flexibility index (Phi) is 2.77. The summed E-state index contributed by atoms with van der Waals surface area (Å²) in [5, 5.41) is 6.34. The lowest BCUT2D eigenvalue weighted by Crippen LogP contribution is -2.48. The van der Waals surface area contributed by atoms with Gasteiger partial charge in [0.2, 0.25) is 0 Å². The molecular weight excluding hydrogens is 204 g/mol. The van der Waals surface area contributed by atoms with E-state index in [-0.39, 0.29) is 0 Å². The Hall–Kier alpha value is -1.27. The third-order valence-corrected chi connectivity index (χ3v) is 2.98. The van der Waals surface area contributed by atoms with Crippen molar-refractivity contribution in [3.8, 4) is 0 Å². The van der Waals surface area contributed by atoms with E-state index in [0.29, 0.717) is 12.0 Å². The molecule has 1 saturated heterocycles. The molecule has 2 rings (SSSR count). The highest BCUT2D eigenvalue weighted by molar-refractivity contribution is 5.81. The van der Waals surface area contributed by atoms with Crippen LogP contribution in [0.4, 0.5) is 0 Å². The molecule has 2 aliphatic heterocycles. The molecule has 0 saturated carbocycles. The van der Waals surface area contributed by atoms with Gasteiger partial charge < -0.3 is 27.0 Å². The van der Waals surface area contributed by atoms with E-state index in [1.54, 1.807) is 0 Å². The van der Waals surface area contributed by atoms with Gasteiger partial charge in [-0.1, -0.05) is 0 Å². The first-order valence-electron chi connectivity index (χ1n) is 5.56. The molecule has 2 aliphatic rings. The molecule has 0 spiro atoms. The van der Waals surface area contributed by atoms with E-state index in [4.69, 9.17) is 11.5 Å². The summed E-state index contributed by atoms with van der Waals surface area (Å²) in [5.41, 5.74) is 11.0. The largest absolute Gasteiger partial charge is 0.370 e. The van der Waals surface area contributed by atoms with Crippen LogP contribution in [0.2, 0.25) is 0 Å². The minimum Gasteiger partial charge on any atom is -0.370 e. The van der Waals surface area contributed by atoms with Crippen LogP contribution < -0.4 is 22.1 Å². The zero-order valence-corrected chi connectivity index (χ0v) is 9.83. The zero-order valence-electron chi connectivity index (χ0n) is 9.83. The molecule has 0 radical (unpaired) electrons. The highest BCUT2D eigenvalue weighted by Crippen LogP contribution is 2.18. The summed E-state index contributed by atoms with van der Waals surface area (Å²) in [5.74, 6) is 1.35. The van der Waals surface area contributed by atoms with Crippen molar-refractivity contribution in [1.29, 1.82) is 0 Å². The molecule has 16 heavy (non-hydrogen) atoms. The van der Waals surface area contributed by atoms with Crippen LogP contribution in [-0.2, 0) is 0 Å². The second kappa shape index (κ2) is 3.95. The SMILES string of the molecule is CN[C@@H]1CCN(C2=CC(C)(N)N=C(N)N2)C1. The molecule has 0 amide bonds. The second-order valence-corrected chi connectivity index (χ2v) is 4.60. The maximum atomic E-state index is 5.97. The van der Waals surface area contributed by atoms with E-state index in [9.17, 15) is 0 Å². The van der Waals surface area contributed by atoms with E-state index in [2.05, 4.69) is 20.5 Å².